The molecule has 3 amide bonds. The minimum atomic E-state index is -0.279. The molecule has 172 valence electrons. The molecule has 0 atom stereocenters. The van der Waals surface area contributed by atoms with E-state index >= 15 is 0 Å². The van der Waals surface area contributed by atoms with Gasteiger partial charge in [-0.3, -0.25) is 24.2 Å². The van der Waals surface area contributed by atoms with Crippen LogP contribution in [-0.4, -0.2) is 29.3 Å². The van der Waals surface area contributed by atoms with Crippen molar-refractivity contribution in [2.75, 3.05) is 16.4 Å². The summed E-state index contributed by atoms with van der Waals surface area (Å²) in [7, 11) is 0. The Kier molecular flexibility index (Phi) is 5.85. The van der Waals surface area contributed by atoms with Gasteiger partial charge in [0.1, 0.15) is 17.0 Å². The van der Waals surface area contributed by atoms with Gasteiger partial charge in [0.05, 0.1) is 29.8 Å². The first-order chi connectivity index (χ1) is 16.5. The molecule has 0 unspecified atom stereocenters. The van der Waals surface area contributed by atoms with Crippen LogP contribution in [0.15, 0.2) is 65.3 Å². The Morgan fingerprint density at radius 3 is 2.53 bits per heavy atom. The van der Waals surface area contributed by atoms with Gasteiger partial charge in [0.2, 0.25) is 11.8 Å². The Labute approximate surface area is 199 Å². The van der Waals surface area contributed by atoms with Crippen LogP contribution in [0.4, 0.5) is 10.8 Å². The maximum atomic E-state index is 13.6. The molecule has 1 aliphatic heterocycles. The average molecular weight is 476 g/mol. The van der Waals surface area contributed by atoms with Crippen molar-refractivity contribution in [3.05, 3.63) is 72.2 Å². The molecule has 4 aromatic rings. The molecule has 0 radical (unpaired) electrons. The van der Waals surface area contributed by atoms with Crippen LogP contribution >= 0.6 is 11.3 Å². The monoisotopic (exact) mass is 475 g/mol. The van der Waals surface area contributed by atoms with Gasteiger partial charge >= 0.3 is 0 Å². The molecule has 2 aromatic heterocycles. The van der Waals surface area contributed by atoms with E-state index in [2.05, 4.69) is 0 Å². The molecule has 1 aliphatic rings. The molecule has 0 aliphatic carbocycles. The number of hydrogen-bond acceptors (Lipinski definition) is 7. The molecule has 34 heavy (non-hydrogen) atoms. The molecule has 0 spiro atoms. The number of rotatable bonds is 7. The topological polar surface area (TPSA) is 93.0 Å². The van der Waals surface area contributed by atoms with Crippen LogP contribution in [-0.2, 0) is 16.1 Å². The fourth-order valence-corrected chi connectivity index (χ4v) is 4.84. The van der Waals surface area contributed by atoms with E-state index in [0.29, 0.717) is 40.0 Å². The molecular weight excluding hydrogens is 454 g/mol. The van der Waals surface area contributed by atoms with Crippen molar-refractivity contribution in [1.82, 2.24) is 4.98 Å². The zero-order valence-corrected chi connectivity index (χ0v) is 19.2. The maximum absolute atomic E-state index is 13.6. The molecular formula is C25H21N3O5S. The number of hydrogen-bond donors (Lipinski definition) is 0. The second-order valence-corrected chi connectivity index (χ2v) is 8.68. The molecule has 1 saturated heterocycles. The smallest absolute Gasteiger partial charge is 0.260 e. The van der Waals surface area contributed by atoms with Gasteiger partial charge < -0.3 is 9.15 Å². The number of carbonyl (C=O) groups is 3. The summed E-state index contributed by atoms with van der Waals surface area (Å²) in [4.78, 5) is 45.1. The van der Waals surface area contributed by atoms with Gasteiger partial charge in [0.15, 0.2) is 5.13 Å². The molecule has 0 N–H and O–H groups in total. The van der Waals surface area contributed by atoms with E-state index in [9.17, 15) is 14.4 Å². The number of ether oxygens (including phenoxy) is 1. The number of imide groups is 1. The molecule has 9 heteroatoms. The Morgan fingerprint density at radius 1 is 1.09 bits per heavy atom. The lowest BCUT2D eigenvalue weighted by molar-refractivity contribution is -0.121. The summed E-state index contributed by atoms with van der Waals surface area (Å²) in [6.45, 7) is 2.61. The quantitative estimate of drug-likeness (QED) is 0.357. The summed E-state index contributed by atoms with van der Waals surface area (Å²) in [5.41, 5.74) is 1.56. The van der Waals surface area contributed by atoms with Crippen LogP contribution in [0.5, 0.6) is 5.75 Å². The van der Waals surface area contributed by atoms with Gasteiger partial charge in [-0.1, -0.05) is 17.4 Å². The Balaban J connectivity index is 1.49. The van der Waals surface area contributed by atoms with Gasteiger partial charge in [-0.15, -0.1) is 0 Å². The van der Waals surface area contributed by atoms with Crippen LogP contribution in [0, 0.1) is 0 Å². The molecule has 5 rings (SSSR count). The SMILES string of the molecule is CCOc1cccc2sc(N(Cc3ccco3)C(=O)c3ccc(N4C(=O)CCC4=O)cc3)nc12. The number of thiazole rings is 1. The highest BCUT2D eigenvalue weighted by Crippen LogP contribution is 2.35. The highest BCUT2D eigenvalue weighted by atomic mass is 32.1. The summed E-state index contributed by atoms with van der Waals surface area (Å²) in [6, 6.07) is 15.7. The van der Waals surface area contributed by atoms with Gasteiger partial charge in [0.25, 0.3) is 5.91 Å². The predicted molar refractivity (Wildman–Crippen MR) is 128 cm³/mol. The van der Waals surface area contributed by atoms with Gasteiger partial charge in [-0.05, 0) is 55.5 Å². The summed E-state index contributed by atoms with van der Waals surface area (Å²) in [5, 5.41) is 0.512. The van der Waals surface area contributed by atoms with Crippen molar-refractivity contribution in [2.24, 2.45) is 0 Å². The lowest BCUT2D eigenvalue weighted by Gasteiger charge is -2.19. The van der Waals surface area contributed by atoms with Crippen molar-refractivity contribution >= 4 is 50.1 Å². The largest absolute Gasteiger partial charge is 0.492 e. The van der Waals surface area contributed by atoms with E-state index in [1.165, 1.54) is 11.3 Å². The van der Waals surface area contributed by atoms with E-state index in [1.54, 1.807) is 47.6 Å². The number of amides is 3. The first kappa shape index (κ1) is 21.8. The van der Waals surface area contributed by atoms with Crippen LogP contribution in [0.3, 0.4) is 0 Å². The van der Waals surface area contributed by atoms with Crippen molar-refractivity contribution in [3.63, 3.8) is 0 Å². The number of anilines is 2. The summed E-state index contributed by atoms with van der Waals surface area (Å²) < 4.78 is 12.1. The number of carbonyl (C=O) groups excluding carboxylic acids is 3. The summed E-state index contributed by atoms with van der Waals surface area (Å²) in [6.07, 6.45) is 1.97. The lowest BCUT2D eigenvalue weighted by atomic mass is 10.1. The average Bonchev–Trinajstić information content (AvgIpc) is 3.58. The van der Waals surface area contributed by atoms with Crippen molar-refractivity contribution < 1.29 is 23.5 Å². The molecule has 0 saturated carbocycles. The number of fused-ring (bicyclic) bond motifs is 1. The molecule has 3 heterocycles. The molecule has 8 nitrogen and oxygen atoms in total. The third-order valence-electron chi connectivity index (χ3n) is 5.46. The fourth-order valence-electron chi connectivity index (χ4n) is 3.86. The molecule has 2 aromatic carbocycles. The van der Waals surface area contributed by atoms with Crippen molar-refractivity contribution in [2.45, 2.75) is 26.3 Å². The zero-order valence-electron chi connectivity index (χ0n) is 18.4. The highest BCUT2D eigenvalue weighted by molar-refractivity contribution is 7.22. The third kappa shape index (κ3) is 4.06. The lowest BCUT2D eigenvalue weighted by Crippen LogP contribution is -2.31. The van der Waals surface area contributed by atoms with Gasteiger partial charge in [0, 0.05) is 18.4 Å². The zero-order chi connectivity index (χ0) is 23.7. The maximum Gasteiger partial charge on any atom is 0.260 e. The predicted octanol–water partition coefficient (Wildman–Crippen LogP) is 4.79. The molecule has 1 fully saturated rings. The third-order valence-corrected chi connectivity index (χ3v) is 6.51. The van der Waals surface area contributed by atoms with Crippen LogP contribution in [0.1, 0.15) is 35.9 Å². The molecule has 0 bridgehead atoms. The first-order valence-electron chi connectivity index (χ1n) is 10.9. The Morgan fingerprint density at radius 2 is 1.85 bits per heavy atom. The van der Waals surface area contributed by atoms with E-state index in [0.717, 1.165) is 9.60 Å². The minimum absolute atomic E-state index is 0.195. The Bertz CT molecular complexity index is 1350. The number of para-hydroxylation sites is 1. The van der Waals surface area contributed by atoms with E-state index in [1.807, 2.05) is 25.1 Å². The highest BCUT2D eigenvalue weighted by Gasteiger charge is 2.30. The fraction of sp³-hybridized carbons (Fsp3) is 0.200. The van der Waals surface area contributed by atoms with Gasteiger partial charge in [-0.2, -0.15) is 0 Å². The number of furan rings is 1. The minimum Gasteiger partial charge on any atom is -0.492 e. The van der Waals surface area contributed by atoms with Crippen molar-refractivity contribution in [3.8, 4) is 5.75 Å². The van der Waals surface area contributed by atoms with Crippen LogP contribution in [0.2, 0.25) is 0 Å². The van der Waals surface area contributed by atoms with Crippen LogP contribution < -0.4 is 14.5 Å². The Hall–Kier alpha value is -3.98. The number of nitrogens with zero attached hydrogens (tertiary/aromatic N) is 3. The van der Waals surface area contributed by atoms with E-state index in [-0.39, 0.29) is 37.1 Å². The second kappa shape index (κ2) is 9.11. The second-order valence-electron chi connectivity index (χ2n) is 7.67. The standard InChI is InChI=1S/C25H21N3O5S/c1-2-32-19-6-3-7-20-23(19)26-25(34-20)27(15-18-5-4-14-33-18)24(31)16-8-10-17(11-9-16)28-21(29)12-13-22(28)30/h3-11,14H,2,12-13,15H2,1H3. The van der Waals surface area contributed by atoms with E-state index < -0.39 is 0 Å². The number of benzene rings is 2. The summed E-state index contributed by atoms with van der Waals surface area (Å²) >= 11 is 1.39. The van der Waals surface area contributed by atoms with Crippen LogP contribution in [0.25, 0.3) is 10.2 Å². The van der Waals surface area contributed by atoms with E-state index in [4.69, 9.17) is 14.1 Å². The summed E-state index contributed by atoms with van der Waals surface area (Å²) in [5.74, 6) is 0.532. The first-order valence-corrected chi connectivity index (χ1v) is 11.7. The number of aromatic nitrogens is 1. The van der Waals surface area contributed by atoms with Crippen molar-refractivity contribution in [1.29, 1.82) is 0 Å². The normalized spacial score (nSPS) is 13.6. The van der Waals surface area contributed by atoms with Gasteiger partial charge in [-0.25, -0.2) is 4.98 Å².